The van der Waals surface area contributed by atoms with Crippen molar-refractivity contribution in [3.8, 4) is 0 Å². The number of carbonyl (C=O) groups excluding carboxylic acids is 1. The van der Waals surface area contributed by atoms with Crippen LogP contribution in [-0.2, 0) is 18.4 Å². The van der Waals surface area contributed by atoms with E-state index in [0.29, 0.717) is 6.54 Å². The van der Waals surface area contributed by atoms with E-state index in [1.165, 1.54) is 16.5 Å². The van der Waals surface area contributed by atoms with E-state index in [1.807, 2.05) is 26.2 Å². The van der Waals surface area contributed by atoms with Crippen molar-refractivity contribution in [1.82, 2.24) is 9.47 Å². The normalized spacial score (nSPS) is 10.7. The summed E-state index contributed by atoms with van der Waals surface area (Å²) in [6, 6.07) is 8.24. The average Bonchev–Trinajstić information content (AvgIpc) is 2.57. The summed E-state index contributed by atoms with van der Waals surface area (Å²) in [5.74, 6) is 0.0907. The van der Waals surface area contributed by atoms with E-state index in [2.05, 4.69) is 22.9 Å². The third-order valence-corrected chi connectivity index (χ3v) is 2.92. The number of carbonyl (C=O) groups is 1. The van der Waals surface area contributed by atoms with Crippen molar-refractivity contribution < 1.29 is 4.79 Å². The Morgan fingerprint density at radius 3 is 2.75 bits per heavy atom. The Labute approximate surface area is 95.3 Å². The van der Waals surface area contributed by atoms with Gasteiger partial charge < -0.3 is 9.47 Å². The lowest BCUT2D eigenvalue weighted by atomic mass is 10.1. The number of hydrogen-bond donors (Lipinski definition) is 0. The molecule has 0 spiro atoms. The smallest absolute Gasteiger partial charge is 0.219 e. The zero-order chi connectivity index (χ0) is 11.7. The van der Waals surface area contributed by atoms with Gasteiger partial charge >= 0.3 is 0 Å². The molecule has 0 saturated carbocycles. The maximum Gasteiger partial charge on any atom is 0.219 e. The molecule has 1 heterocycles. The molecular weight excluding hydrogens is 200 g/mol. The van der Waals surface area contributed by atoms with Gasteiger partial charge in [-0.3, -0.25) is 4.79 Å². The van der Waals surface area contributed by atoms with Crippen LogP contribution in [0.25, 0.3) is 10.9 Å². The number of hydrogen-bond acceptors (Lipinski definition) is 1. The number of nitrogens with zero attached hydrogens (tertiary/aromatic N) is 2. The lowest BCUT2D eigenvalue weighted by Crippen LogP contribution is -2.22. The number of aromatic nitrogens is 1. The molecule has 0 aliphatic rings. The van der Waals surface area contributed by atoms with Crippen LogP contribution in [0.4, 0.5) is 0 Å². The largest absolute Gasteiger partial charge is 0.350 e. The molecule has 2 aromatic rings. The van der Waals surface area contributed by atoms with Crippen molar-refractivity contribution in [2.45, 2.75) is 13.5 Å². The van der Waals surface area contributed by atoms with Crippen LogP contribution in [0.3, 0.4) is 0 Å². The maximum absolute atomic E-state index is 11.2. The summed E-state index contributed by atoms with van der Waals surface area (Å²) in [6.07, 6.45) is 2.09. The Bertz CT molecular complexity index is 528. The molecule has 0 fully saturated rings. The molecule has 0 aliphatic heterocycles. The number of rotatable bonds is 2. The first-order valence-electron chi connectivity index (χ1n) is 5.34. The number of para-hydroxylation sites is 1. The number of amides is 1. The van der Waals surface area contributed by atoms with Crippen molar-refractivity contribution in [3.05, 3.63) is 36.0 Å². The van der Waals surface area contributed by atoms with E-state index in [4.69, 9.17) is 0 Å². The van der Waals surface area contributed by atoms with Crippen molar-refractivity contribution in [2.75, 3.05) is 7.05 Å². The fraction of sp³-hybridized carbons (Fsp3) is 0.308. The first kappa shape index (κ1) is 10.7. The molecule has 0 bridgehead atoms. The zero-order valence-corrected chi connectivity index (χ0v) is 9.90. The minimum Gasteiger partial charge on any atom is -0.350 e. The standard InChI is InChI=1S/C13H16N2O/c1-10(16)14(2)8-11-9-15(3)13-7-5-4-6-12(11)13/h4-7,9H,8H2,1-3H3. The van der Waals surface area contributed by atoms with Gasteiger partial charge in [-0.15, -0.1) is 0 Å². The average molecular weight is 216 g/mol. The van der Waals surface area contributed by atoms with Crippen molar-refractivity contribution in [3.63, 3.8) is 0 Å². The van der Waals surface area contributed by atoms with Gasteiger partial charge in [0.1, 0.15) is 0 Å². The first-order chi connectivity index (χ1) is 7.59. The molecule has 0 aliphatic carbocycles. The van der Waals surface area contributed by atoms with E-state index < -0.39 is 0 Å². The van der Waals surface area contributed by atoms with Gasteiger partial charge in [0.2, 0.25) is 5.91 Å². The van der Waals surface area contributed by atoms with Gasteiger partial charge in [0.15, 0.2) is 0 Å². The second kappa shape index (κ2) is 4.00. The molecule has 1 amide bonds. The highest BCUT2D eigenvalue weighted by Gasteiger charge is 2.09. The molecule has 1 aromatic carbocycles. The Balaban J connectivity index is 2.42. The highest BCUT2D eigenvalue weighted by Crippen LogP contribution is 2.21. The Morgan fingerprint density at radius 2 is 2.06 bits per heavy atom. The lowest BCUT2D eigenvalue weighted by Gasteiger charge is -2.13. The van der Waals surface area contributed by atoms with Gasteiger partial charge in [0.05, 0.1) is 0 Å². The molecule has 2 rings (SSSR count). The summed E-state index contributed by atoms with van der Waals surface area (Å²) >= 11 is 0. The fourth-order valence-electron chi connectivity index (χ4n) is 1.92. The molecule has 3 heteroatoms. The molecule has 16 heavy (non-hydrogen) atoms. The Morgan fingerprint density at radius 1 is 1.38 bits per heavy atom. The fourth-order valence-corrected chi connectivity index (χ4v) is 1.92. The third-order valence-electron chi connectivity index (χ3n) is 2.92. The van der Waals surface area contributed by atoms with Crippen LogP contribution in [0.2, 0.25) is 0 Å². The highest BCUT2D eigenvalue weighted by molar-refractivity contribution is 5.84. The first-order valence-corrected chi connectivity index (χ1v) is 5.34. The predicted molar refractivity (Wildman–Crippen MR) is 65.1 cm³/mol. The quantitative estimate of drug-likeness (QED) is 0.755. The minimum absolute atomic E-state index is 0.0907. The van der Waals surface area contributed by atoms with Crippen LogP contribution in [0.15, 0.2) is 30.5 Å². The van der Waals surface area contributed by atoms with E-state index in [9.17, 15) is 4.79 Å². The van der Waals surface area contributed by atoms with Gasteiger partial charge in [-0.2, -0.15) is 0 Å². The second-order valence-electron chi connectivity index (χ2n) is 4.16. The number of fused-ring (bicyclic) bond motifs is 1. The van der Waals surface area contributed by atoms with Crippen molar-refractivity contribution in [2.24, 2.45) is 7.05 Å². The van der Waals surface area contributed by atoms with Gasteiger partial charge in [-0.25, -0.2) is 0 Å². The van der Waals surface area contributed by atoms with Crippen molar-refractivity contribution in [1.29, 1.82) is 0 Å². The summed E-state index contributed by atoms with van der Waals surface area (Å²) in [6.45, 7) is 2.25. The highest BCUT2D eigenvalue weighted by atomic mass is 16.2. The van der Waals surface area contributed by atoms with Gasteiger partial charge in [0, 0.05) is 44.7 Å². The summed E-state index contributed by atoms with van der Waals surface area (Å²) in [5, 5.41) is 1.22. The summed E-state index contributed by atoms with van der Waals surface area (Å²) < 4.78 is 2.10. The van der Waals surface area contributed by atoms with E-state index in [0.717, 1.165) is 0 Å². The summed E-state index contributed by atoms with van der Waals surface area (Å²) in [4.78, 5) is 12.9. The summed E-state index contributed by atoms with van der Waals surface area (Å²) in [5.41, 5.74) is 2.39. The lowest BCUT2D eigenvalue weighted by molar-refractivity contribution is -0.128. The number of benzene rings is 1. The van der Waals surface area contributed by atoms with Gasteiger partial charge in [0.25, 0.3) is 0 Å². The maximum atomic E-state index is 11.2. The monoisotopic (exact) mass is 216 g/mol. The van der Waals surface area contributed by atoms with Crippen molar-refractivity contribution >= 4 is 16.8 Å². The van der Waals surface area contributed by atoms with Crippen LogP contribution in [-0.4, -0.2) is 22.4 Å². The molecule has 0 unspecified atom stereocenters. The van der Waals surface area contributed by atoms with Crippen LogP contribution in [0.5, 0.6) is 0 Å². The van der Waals surface area contributed by atoms with E-state index in [1.54, 1.807) is 11.8 Å². The number of aryl methyl sites for hydroxylation is 1. The molecule has 0 radical (unpaired) electrons. The third kappa shape index (κ3) is 1.81. The molecule has 84 valence electrons. The minimum atomic E-state index is 0.0907. The molecule has 0 N–H and O–H groups in total. The summed E-state index contributed by atoms with van der Waals surface area (Å²) in [7, 11) is 3.85. The zero-order valence-electron chi connectivity index (χ0n) is 9.90. The SMILES string of the molecule is CC(=O)N(C)Cc1cn(C)c2ccccc12. The Kier molecular flexibility index (Phi) is 2.69. The van der Waals surface area contributed by atoms with Gasteiger partial charge in [-0.1, -0.05) is 18.2 Å². The molecular formula is C13H16N2O. The van der Waals surface area contributed by atoms with Crippen LogP contribution in [0, 0.1) is 0 Å². The van der Waals surface area contributed by atoms with Gasteiger partial charge in [-0.05, 0) is 11.6 Å². The molecule has 0 atom stereocenters. The van der Waals surface area contributed by atoms with E-state index in [-0.39, 0.29) is 5.91 Å². The van der Waals surface area contributed by atoms with Crippen LogP contribution in [0.1, 0.15) is 12.5 Å². The predicted octanol–water partition coefficient (Wildman–Crippen LogP) is 2.16. The second-order valence-corrected chi connectivity index (χ2v) is 4.16. The molecule has 3 nitrogen and oxygen atoms in total. The topological polar surface area (TPSA) is 25.2 Å². The molecule has 0 saturated heterocycles. The van der Waals surface area contributed by atoms with Crippen LogP contribution < -0.4 is 0 Å². The Hall–Kier alpha value is -1.77. The van der Waals surface area contributed by atoms with E-state index >= 15 is 0 Å². The molecule has 1 aromatic heterocycles. The van der Waals surface area contributed by atoms with Crippen LogP contribution >= 0.6 is 0 Å².